The molecule has 3 heterocycles. The third-order valence-corrected chi connectivity index (χ3v) is 5.93. The van der Waals surface area contributed by atoms with Gasteiger partial charge in [-0.05, 0) is 38.1 Å². The molecule has 0 bridgehead atoms. The lowest BCUT2D eigenvalue weighted by Crippen LogP contribution is -2.27. The molecule has 1 N–H and O–H groups in total. The number of allylic oxidation sites excluding steroid dienone is 3. The number of thiazole rings is 1. The summed E-state index contributed by atoms with van der Waals surface area (Å²) >= 11 is 1.99. The third kappa shape index (κ3) is 2.31. The predicted octanol–water partition coefficient (Wildman–Crippen LogP) is 2.46. The zero-order chi connectivity index (χ0) is 13.4. The van der Waals surface area contributed by atoms with Crippen LogP contribution in [0.2, 0.25) is 0 Å². The number of fused-ring (bicyclic) bond motifs is 1. The number of hydrogen-bond acceptors (Lipinski definition) is 4. The highest BCUT2D eigenvalue weighted by Crippen LogP contribution is 2.33. The minimum atomic E-state index is 0.710. The highest BCUT2D eigenvalue weighted by molar-refractivity contribution is 7.11. The fourth-order valence-electron chi connectivity index (χ4n) is 3.28. The molecule has 1 aliphatic carbocycles. The first kappa shape index (κ1) is 12.6. The Morgan fingerprint density at radius 2 is 2.00 bits per heavy atom. The fourth-order valence-corrected chi connectivity index (χ4v) is 4.55. The van der Waals surface area contributed by atoms with Gasteiger partial charge in [0.25, 0.3) is 0 Å². The average Bonchev–Trinajstić information content (AvgIpc) is 2.75. The van der Waals surface area contributed by atoms with E-state index in [2.05, 4.69) is 28.4 Å². The summed E-state index contributed by atoms with van der Waals surface area (Å²) in [5.41, 5.74) is 2.79. The first-order chi connectivity index (χ1) is 9.90. The van der Waals surface area contributed by atoms with Crippen LogP contribution in [0.4, 0.5) is 0 Å². The van der Waals surface area contributed by atoms with Gasteiger partial charge in [-0.2, -0.15) is 0 Å². The van der Waals surface area contributed by atoms with Crippen LogP contribution in [0.25, 0.3) is 0 Å². The van der Waals surface area contributed by atoms with E-state index in [-0.39, 0.29) is 0 Å². The maximum atomic E-state index is 5.00. The smallest absolute Gasteiger partial charge is 0.0963 e. The van der Waals surface area contributed by atoms with Crippen molar-refractivity contribution < 1.29 is 0 Å². The van der Waals surface area contributed by atoms with E-state index in [1.54, 1.807) is 4.88 Å². The summed E-state index contributed by atoms with van der Waals surface area (Å²) in [6, 6.07) is 0. The van der Waals surface area contributed by atoms with Crippen molar-refractivity contribution in [2.24, 2.45) is 0 Å². The van der Waals surface area contributed by atoms with Crippen LogP contribution in [0.3, 0.4) is 0 Å². The molecule has 0 amide bonds. The summed E-state index contributed by atoms with van der Waals surface area (Å²) in [5.74, 6) is 0.710. The Morgan fingerprint density at radius 3 is 2.75 bits per heavy atom. The summed E-state index contributed by atoms with van der Waals surface area (Å²) in [6.45, 7) is 4.59. The summed E-state index contributed by atoms with van der Waals surface area (Å²) < 4.78 is 0. The van der Waals surface area contributed by atoms with Crippen molar-refractivity contribution in [3.05, 3.63) is 39.5 Å². The second-order valence-corrected chi connectivity index (χ2v) is 7.00. The molecule has 1 aromatic heterocycles. The molecule has 106 valence electrons. The highest BCUT2D eigenvalue weighted by Gasteiger charge is 2.24. The maximum Gasteiger partial charge on any atom is 0.0963 e. The van der Waals surface area contributed by atoms with E-state index in [1.165, 1.54) is 35.7 Å². The van der Waals surface area contributed by atoms with Crippen LogP contribution in [-0.2, 0) is 12.8 Å². The molecule has 3 aliphatic rings. The van der Waals surface area contributed by atoms with E-state index in [1.807, 2.05) is 11.3 Å². The van der Waals surface area contributed by atoms with E-state index in [4.69, 9.17) is 4.98 Å². The Morgan fingerprint density at radius 1 is 1.20 bits per heavy atom. The number of nitrogens with zero attached hydrogens (tertiary/aromatic N) is 2. The lowest BCUT2D eigenvalue weighted by molar-refractivity contribution is 0.369. The van der Waals surface area contributed by atoms with Crippen molar-refractivity contribution in [2.75, 3.05) is 26.2 Å². The Hall–Kier alpha value is -1.13. The second-order valence-electron chi connectivity index (χ2n) is 5.88. The summed E-state index contributed by atoms with van der Waals surface area (Å²) in [4.78, 5) is 9.04. The Bertz CT molecular complexity index is 527. The molecule has 0 atom stereocenters. The van der Waals surface area contributed by atoms with Gasteiger partial charge in [0.1, 0.15) is 0 Å². The molecule has 0 saturated carbocycles. The Balaban J connectivity index is 1.48. The first-order valence-corrected chi connectivity index (χ1v) is 8.54. The normalized spacial score (nSPS) is 23.0. The van der Waals surface area contributed by atoms with Crippen molar-refractivity contribution in [1.29, 1.82) is 0 Å². The van der Waals surface area contributed by atoms with Gasteiger partial charge in [-0.25, -0.2) is 4.98 Å². The monoisotopic (exact) mass is 287 g/mol. The van der Waals surface area contributed by atoms with Gasteiger partial charge in [0, 0.05) is 42.4 Å². The number of hydrogen-bond donors (Lipinski definition) is 1. The molecule has 3 nitrogen and oxygen atoms in total. The number of aromatic nitrogens is 1. The van der Waals surface area contributed by atoms with Crippen molar-refractivity contribution >= 4 is 11.3 Å². The van der Waals surface area contributed by atoms with E-state index in [0.29, 0.717) is 5.92 Å². The average molecular weight is 287 g/mol. The lowest BCUT2D eigenvalue weighted by Gasteiger charge is -2.26. The number of rotatable bonds is 2. The molecular weight excluding hydrogens is 266 g/mol. The number of piperidine rings is 1. The molecule has 0 spiro atoms. The summed E-state index contributed by atoms with van der Waals surface area (Å²) in [7, 11) is 0. The molecule has 0 aromatic carbocycles. The minimum Gasteiger partial charge on any atom is -0.371 e. The molecule has 0 unspecified atom stereocenters. The zero-order valence-electron chi connectivity index (χ0n) is 11.8. The van der Waals surface area contributed by atoms with Crippen molar-refractivity contribution in [3.8, 4) is 0 Å². The van der Waals surface area contributed by atoms with Gasteiger partial charge in [-0.3, -0.25) is 0 Å². The van der Waals surface area contributed by atoms with Gasteiger partial charge in [-0.15, -0.1) is 11.3 Å². The zero-order valence-corrected chi connectivity index (χ0v) is 12.6. The van der Waals surface area contributed by atoms with Gasteiger partial charge in [0.05, 0.1) is 10.7 Å². The molecule has 4 heteroatoms. The summed E-state index contributed by atoms with van der Waals surface area (Å²) in [5, 5.41) is 4.85. The number of nitrogens with one attached hydrogen (secondary N) is 1. The highest BCUT2D eigenvalue weighted by atomic mass is 32.1. The molecule has 20 heavy (non-hydrogen) atoms. The first-order valence-electron chi connectivity index (χ1n) is 7.72. The van der Waals surface area contributed by atoms with E-state index >= 15 is 0 Å². The predicted molar refractivity (Wildman–Crippen MR) is 83.2 cm³/mol. The van der Waals surface area contributed by atoms with Crippen LogP contribution in [-0.4, -0.2) is 36.1 Å². The van der Waals surface area contributed by atoms with Crippen LogP contribution in [0.5, 0.6) is 0 Å². The van der Waals surface area contributed by atoms with Gasteiger partial charge in [0.15, 0.2) is 0 Å². The molecule has 0 radical (unpaired) electrons. The topological polar surface area (TPSA) is 28.2 Å². The molecule has 4 rings (SSSR count). The summed E-state index contributed by atoms with van der Waals surface area (Å²) in [6.07, 6.45) is 11.4. The molecular formula is C16H21N3S. The molecule has 1 aromatic rings. The van der Waals surface area contributed by atoms with Gasteiger partial charge < -0.3 is 10.2 Å². The van der Waals surface area contributed by atoms with Crippen LogP contribution in [0.15, 0.2) is 23.9 Å². The van der Waals surface area contributed by atoms with Crippen LogP contribution in [0, 0.1) is 0 Å². The van der Waals surface area contributed by atoms with Crippen molar-refractivity contribution in [2.45, 2.75) is 31.6 Å². The van der Waals surface area contributed by atoms with E-state index in [9.17, 15) is 0 Å². The lowest BCUT2D eigenvalue weighted by atomic mass is 9.99. The fraction of sp³-hybridized carbons (Fsp3) is 0.562. The Labute approximate surface area is 124 Å². The van der Waals surface area contributed by atoms with Gasteiger partial charge in [0.2, 0.25) is 0 Å². The van der Waals surface area contributed by atoms with Crippen molar-refractivity contribution in [1.82, 2.24) is 15.2 Å². The van der Waals surface area contributed by atoms with Gasteiger partial charge >= 0.3 is 0 Å². The van der Waals surface area contributed by atoms with Gasteiger partial charge in [-0.1, -0.05) is 6.08 Å². The van der Waals surface area contributed by atoms with Crippen molar-refractivity contribution in [3.63, 3.8) is 0 Å². The minimum absolute atomic E-state index is 0.710. The van der Waals surface area contributed by atoms with Crippen LogP contribution >= 0.6 is 11.3 Å². The standard InChI is InChI=1S/C16H21N3S/c1-2-13(3-1)19-10-6-14-15(7-11-19)20-16(18-14)12-4-8-17-9-5-12/h1-3,12,17H,4-11H2. The second kappa shape index (κ2) is 5.34. The molecule has 1 fully saturated rings. The van der Waals surface area contributed by atoms with E-state index < -0.39 is 0 Å². The maximum absolute atomic E-state index is 5.00. The Kier molecular flexibility index (Phi) is 3.36. The third-order valence-electron chi connectivity index (χ3n) is 4.61. The van der Waals surface area contributed by atoms with Crippen LogP contribution in [0.1, 0.15) is 34.3 Å². The molecule has 2 aliphatic heterocycles. The quantitative estimate of drug-likeness (QED) is 0.905. The SMILES string of the molecule is C1=CC(N2CCc3nc(C4CCNCC4)sc3CC2)=C1. The van der Waals surface area contributed by atoms with Crippen LogP contribution < -0.4 is 5.32 Å². The molecule has 1 saturated heterocycles. The van der Waals surface area contributed by atoms with E-state index in [0.717, 1.165) is 32.6 Å². The largest absolute Gasteiger partial charge is 0.371 e.